The summed E-state index contributed by atoms with van der Waals surface area (Å²) in [6, 6.07) is 11.2. The van der Waals surface area contributed by atoms with Gasteiger partial charge in [0, 0.05) is 17.5 Å². The minimum Gasteiger partial charge on any atom is -0.455 e. The van der Waals surface area contributed by atoms with Crippen molar-refractivity contribution in [2.24, 2.45) is 5.73 Å². The van der Waals surface area contributed by atoms with E-state index in [0.29, 0.717) is 28.5 Å². The predicted octanol–water partition coefficient (Wildman–Crippen LogP) is 3.86. The maximum absolute atomic E-state index is 13.4. The molecule has 1 aromatic heterocycles. The molecule has 0 aliphatic rings. The average Bonchev–Trinajstić information content (AvgIpc) is 2.97. The molecule has 0 bridgehead atoms. The van der Waals surface area contributed by atoms with Gasteiger partial charge in [0.05, 0.1) is 11.1 Å². The summed E-state index contributed by atoms with van der Waals surface area (Å²) in [5.41, 5.74) is 7.31. The lowest BCUT2D eigenvalue weighted by atomic mass is 10.1. The van der Waals surface area contributed by atoms with Crippen LogP contribution in [0.3, 0.4) is 0 Å². The zero-order valence-electron chi connectivity index (χ0n) is 13.0. The van der Waals surface area contributed by atoms with E-state index in [1.165, 1.54) is 12.1 Å². The van der Waals surface area contributed by atoms with Crippen LogP contribution in [0.1, 0.15) is 12.5 Å². The van der Waals surface area contributed by atoms with E-state index >= 15 is 0 Å². The van der Waals surface area contributed by atoms with E-state index in [9.17, 15) is 9.18 Å². The number of primary amides is 1. The molecule has 3 rings (SSSR count). The normalized spacial score (nSPS) is 12.5. The molecule has 2 aromatic carbocycles. The van der Waals surface area contributed by atoms with E-state index in [2.05, 4.69) is 5.32 Å². The van der Waals surface area contributed by atoms with Gasteiger partial charge in [-0.25, -0.2) is 4.39 Å². The molecule has 0 aliphatic heterocycles. The van der Waals surface area contributed by atoms with Crippen LogP contribution < -0.4 is 11.1 Å². The third-order valence-electron chi connectivity index (χ3n) is 3.78. The summed E-state index contributed by atoms with van der Waals surface area (Å²) < 4.78 is 19.1. The SMILES string of the molecule is C[C@H](NCc1cc(Cl)c2oc(-c3cccc(F)c3)cc2c1)C(N)=O. The quantitative estimate of drug-likeness (QED) is 0.737. The number of carbonyl (C=O) groups is 1. The van der Waals surface area contributed by atoms with Crippen molar-refractivity contribution < 1.29 is 13.6 Å². The molecule has 0 spiro atoms. The van der Waals surface area contributed by atoms with Crippen LogP contribution >= 0.6 is 11.6 Å². The molecule has 124 valence electrons. The lowest BCUT2D eigenvalue weighted by Gasteiger charge is -2.10. The largest absolute Gasteiger partial charge is 0.455 e. The minimum atomic E-state index is -0.438. The van der Waals surface area contributed by atoms with Gasteiger partial charge in [0.2, 0.25) is 5.91 Å². The molecule has 3 aromatic rings. The molecule has 3 N–H and O–H groups in total. The second kappa shape index (κ2) is 6.63. The number of amides is 1. The van der Waals surface area contributed by atoms with Gasteiger partial charge >= 0.3 is 0 Å². The standard InChI is InChI=1S/C18H16ClFN2O2/c1-10(18(21)23)22-9-11-5-13-8-16(24-17(13)15(19)6-11)12-3-2-4-14(20)7-12/h2-8,10,22H,9H2,1H3,(H2,21,23)/t10-/m0/s1. The van der Waals surface area contributed by atoms with Crippen molar-refractivity contribution in [3.63, 3.8) is 0 Å². The third kappa shape index (κ3) is 3.42. The molecule has 0 saturated carbocycles. The summed E-state index contributed by atoms with van der Waals surface area (Å²) in [7, 11) is 0. The third-order valence-corrected chi connectivity index (χ3v) is 4.06. The van der Waals surface area contributed by atoms with Crippen LogP contribution in [-0.4, -0.2) is 11.9 Å². The molecular formula is C18H16ClFN2O2. The van der Waals surface area contributed by atoms with Gasteiger partial charge < -0.3 is 15.5 Å². The molecule has 0 saturated heterocycles. The van der Waals surface area contributed by atoms with Gasteiger partial charge in [-0.3, -0.25) is 4.79 Å². The topological polar surface area (TPSA) is 68.3 Å². The highest BCUT2D eigenvalue weighted by atomic mass is 35.5. The fourth-order valence-electron chi connectivity index (χ4n) is 2.43. The van der Waals surface area contributed by atoms with Crippen LogP contribution in [0.2, 0.25) is 5.02 Å². The number of nitrogens with one attached hydrogen (secondary N) is 1. The average molecular weight is 347 g/mol. The molecule has 0 radical (unpaired) electrons. The smallest absolute Gasteiger partial charge is 0.234 e. The van der Waals surface area contributed by atoms with Crippen molar-refractivity contribution in [3.8, 4) is 11.3 Å². The van der Waals surface area contributed by atoms with Crippen LogP contribution in [0, 0.1) is 5.82 Å². The van der Waals surface area contributed by atoms with Crippen LogP contribution in [0.4, 0.5) is 4.39 Å². The Labute approximate surface area is 143 Å². The molecule has 4 nitrogen and oxygen atoms in total. The van der Waals surface area contributed by atoms with Crippen molar-refractivity contribution in [2.45, 2.75) is 19.5 Å². The highest BCUT2D eigenvalue weighted by Gasteiger charge is 2.13. The highest BCUT2D eigenvalue weighted by molar-refractivity contribution is 6.35. The van der Waals surface area contributed by atoms with Gasteiger partial charge in [0.1, 0.15) is 11.6 Å². The number of benzene rings is 2. The Bertz CT molecular complexity index is 907. The Hall–Kier alpha value is -2.37. The first kappa shape index (κ1) is 16.5. The molecule has 1 amide bonds. The first-order valence-electron chi connectivity index (χ1n) is 7.44. The van der Waals surface area contributed by atoms with E-state index in [1.54, 1.807) is 25.1 Å². The van der Waals surface area contributed by atoms with E-state index in [0.717, 1.165) is 10.9 Å². The fourth-order valence-corrected chi connectivity index (χ4v) is 2.71. The van der Waals surface area contributed by atoms with Gasteiger partial charge in [-0.2, -0.15) is 0 Å². The van der Waals surface area contributed by atoms with E-state index < -0.39 is 11.9 Å². The number of carbonyl (C=O) groups excluding carboxylic acids is 1. The lowest BCUT2D eigenvalue weighted by Crippen LogP contribution is -2.38. The highest BCUT2D eigenvalue weighted by Crippen LogP contribution is 2.33. The summed E-state index contributed by atoms with van der Waals surface area (Å²) >= 11 is 6.28. The number of furan rings is 1. The maximum atomic E-state index is 13.4. The Balaban J connectivity index is 1.92. The summed E-state index contributed by atoms with van der Waals surface area (Å²) in [6.07, 6.45) is 0. The van der Waals surface area contributed by atoms with E-state index in [-0.39, 0.29) is 5.82 Å². The molecule has 0 fully saturated rings. The van der Waals surface area contributed by atoms with Crippen molar-refractivity contribution in [3.05, 3.63) is 58.9 Å². The number of rotatable bonds is 5. The Morgan fingerprint density at radius 3 is 2.83 bits per heavy atom. The summed E-state index contributed by atoms with van der Waals surface area (Å²) in [6.45, 7) is 2.14. The van der Waals surface area contributed by atoms with Crippen LogP contribution in [0.25, 0.3) is 22.3 Å². The number of halogens is 2. The van der Waals surface area contributed by atoms with Crippen molar-refractivity contribution in [1.82, 2.24) is 5.32 Å². The predicted molar refractivity (Wildman–Crippen MR) is 92.1 cm³/mol. The van der Waals surface area contributed by atoms with Gasteiger partial charge in [0.25, 0.3) is 0 Å². The molecule has 0 aliphatic carbocycles. The molecule has 1 atom stereocenters. The van der Waals surface area contributed by atoms with Gasteiger partial charge in [0.15, 0.2) is 5.58 Å². The summed E-state index contributed by atoms with van der Waals surface area (Å²) in [4.78, 5) is 11.1. The van der Waals surface area contributed by atoms with Gasteiger partial charge in [-0.1, -0.05) is 23.7 Å². The van der Waals surface area contributed by atoms with Gasteiger partial charge in [-0.05, 0) is 42.8 Å². The van der Waals surface area contributed by atoms with Crippen molar-refractivity contribution >= 4 is 28.5 Å². The van der Waals surface area contributed by atoms with Crippen LogP contribution in [0.15, 0.2) is 46.9 Å². The monoisotopic (exact) mass is 346 g/mol. The maximum Gasteiger partial charge on any atom is 0.234 e. The van der Waals surface area contributed by atoms with Gasteiger partial charge in [-0.15, -0.1) is 0 Å². The van der Waals surface area contributed by atoms with E-state index in [4.69, 9.17) is 21.8 Å². The second-order valence-corrected chi connectivity index (χ2v) is 6.03. The lowest BCUT2D eigenvalue weighted by molar-refractivity contribution is -0.119. The van der Waals surface area contributed by atoms with Crippen LogP contribution in [0.5, 0.6) is 0 Å². The first-order chi connectivity index (χ1) is 11.4. The Kier molecular flexibility index (Phi) is 4.55. The Morgan fingerprint density at radius 2 is 2.12 bits per heavy atom. The second-order valence-electron chi connectivity index (χ2n) is 5.62. The van der Waals surface area contributed by atoms with E-state index in [1.807, 2.05) is 12.1 Å². The number of hydrogen-bond acceptors (Lipinski definition) is 3. The number of fused-ring (bicyclic) bond motifs is 1. The molecule has 0 unspecified atom stereocenters. The molecule has 24 heavy (non-hydrogen) atoms. The number of hydrogen-bond donors (Lipinski definition) is 2. The van der Waals surface area contributed by atoms with Crippen molar-refractivity contribution in [1.29, 1.82) is 0 Å². The number of nitrogens with two attached hydrogens (primary N) is 1. The first-order valence-corrected chi connectivity index (χ1v) is 7.82. The van der Waals surface area contributed by atoms with Crippen molar-refractivity contribution in [2.75, 3.05) is 0 Å². The minimum absolute atomic E-state index is 0.329. The summed E-state index contributed by atoms with van der Waals surface area (Å²) in [5, 5.41) is 4.29. The van der Waals surface area contributed by atoms with Crippen LogP contribution in [-0.2, 0) is 11.3 Å². The summed E-state index contributed by atoms with van der Waals surface area (Å²) in [5.74, 6) is -0.203. The molecule has 1 heterocycles. The molecular weight excluding hydrogens is 331 g/mol. The zero-order chi connectivity index (χ0) is 17.3. The Morgan fingerprint density at radius 1 is 1.33 bits per heavy atom. The zero-order valence-corrected chi connectivity index (χ0v) is 13.7. The molecule has 6 heteroatoms. The fraction of sp³-hybridized carbons (Fsp3) is 0.167.